The molecule has 0 unspecified atom stereocenters. The van der Waals surface area contributed by atoms with Crippen molar-refractivity contribution >= 4 is 34.2 Å². The fraction of sp³-hybridized carbons (Fsp3) is 0.115. The number of amidine groups is 1. The van der Waals surface area contributed by atoms with E-state index in [0.29, 0.717) is 18.1 Å². The maximum atomic E-state index is 12.5. The van der Waals surface area contributed by atoms with Crippen LogP contribution in [0.25, 0.3) is 16.9 Å². The number of nitrogens with zero attached hydrogens (tertiary/aromatic N) is 4. The number of hydrogen-bond acceptors (Lipinski definition) is 5. The Morgan fingerprint density at radius 3 is 2.30 bits per heavy atom. The minimum atomic E-state index is 0.00950. The van der Waals surface area contributed by atoms with Crippen LogP contribution in [0.5, 0.6) is 0 Å². The largest absolute Gasteiger partial charge is 0.287 e. The highest BCUT2D eigenvalue weighted by Crippen LogP contribution is 2.25. The second-order valence-electron chi connectivity index (χ2n) is 7.68. The smallest absolute Gasteiger partial charge is 0.284 e. The van der Waals surface area contributed by atoms with Gasteiger partial charge >= 0.3 is 0 Å². The molecule has 0 bridgehead atoms. The average Bonchev–Trinajstić information content (AvgIpc) is 3.43. The lowest BCUT2D eigenvalue weighted by Crippen LogP contribution is -2.28. The number of carbonyl (C=O) groups is 1. The minimum absolute atomic E-state index is 0.00950. The Kier molecular flexibility index (Phi) is 6.24. The molecule has 1 aliphatic rings. The Hall–Kier alpha value is -3.42. The fourth-order valence-corrected chi connectivity index (χ4v) is 5.27. The second-order valence-corrected chi connectivity index (χ2v) is 9.45. The van der Waals surface area contributed by atoms with Crippen molar-refractivity contribution in [3.05, 3.63) is 106 Å². The molecule has 1 aliphatic heterocycles. The Balaban J connectivity index is 1.56. The third-order valence-corrected chi connectivity index (χ3v) is 7.05. The van der Waals surface area contributed by atoms with Crippen LogP contribution in [0.1, 0.15) is 11.1 Å². The average molecular weight is 471 g/mol. The van der Waals surface area contributed by atoms with Crippen molar-refractivity contribution in [3.8, 4) is 16.9 Å². The maximum absolute atomic E-state index is 12.5. The van der Waals surface area contributed by atoms with Gasteiger partial charge in [0, 0.05) is 11.1 Å². The Bertz CT molecular complexity index is 1360. The summed E-state index contributed by atoms with van der Waals surface area (Å²) in [5.74, 6) is 1.20. The van der Waals surface area contributed by atoms with Gasteiger partial charge in [-0.2, -0.15) is 0 Å². The number of thioether (sulfide) groups is 1. The van der Waals surface area contributed by atoms with Gasteiger partial charge in [0.25, 0.3) is 5.24 Å². The molecule has 1 amide bonds. The normalized spacial score (nSPS) is 15.5. The lowest BCUT2D eigenvalue weighted by Gasteiger charge is -2.15. The zero-order valence-electron chi connectivity index (χ0n) is 18.1. The highest BCUT2D eigenvalue weighted by Gasteiger charge is 2.28. The molecule has 1 saturated heterocycles. The topological polar surface area (TPSA) is 50.0 Å². The summed E-state index contributed by atoms with van der Waals surface area (Å²) in [6.45, 7) is 2.58. The first-order valence-electron chi connectivity index (χ1n) is 10.6. The maximum Gasteiger partial charge on any atom is 0.287 e. The number of benzene rings is 3. The van der Waals surface area contributed by atoms with E-state index >= 15 is 0 Å². The molecule has 33 heavy (non-hydrogen) atoms. The van der Waals surface area contributed by atoms with Gasteiger partial charge in [-0.25, -0.2) is 0 Å². The number of para-hydroxylation sites is 1. The van der Waals surface area contributed by atoms with E-state index in [2.05, 4.69) is 63.5 Å². The number of thiazole rings is 1. The van der Waals surface area contributed by atoms with Crippen LogP contribution >= 0.6 is 23.1 Å². The van der Waals surface area contributed by atoms with E-state index in [-0.39, 0.29) is 5.24 Å². The van der Waals surface area contributed by atoms with Gasteiger partial charge in [0.15, 0.2) is 0 Å². The number of carbonyl (C=O) groups excluding carboxylic acids is 1. The molecule has 1 aromatic heterocycles. The van der Waals surface area contributed by atoms with E-state index in [1.54, 1.807) is 4.90 Å². The molecule has 0 N–H and O–H groups in total. The van der Waals surface area contributed by atoms with Gasteiger partial charge in [-0.3, -0.25) is 14.3 Å². The molecular formula is C26H22N4OS2. The van der Waals surface area contributed by atoms with Gasteiger partial charge in [-0.1, -0.05) is 90.1 Å². The van der Waals surface area contributed by atoms with Crippen molar-refractivity contribution in [3.63, 3.8) is 0 Å². The highest BCUT2D eigenvalue weighted by molar-refractivity contribution is 8.14. The SMILES string of the molecule is Cc1ccc(-c2cs/c(=N\N=C3/CSC(=O)N3Cc3ccccc3)n2-c2ccccc2)cc1. The first-order valence-corrected chi connectivity index (χ1v) is 12.5. The molecule has 0 atom stereocenters. The van der Waals surface area contributed by atoms with Gasteiger partial charge < -0.3 is 0 Å². The molecule has 0 spiro atoms. The number of aromatic nitrogens is 1. The lowest BCUT2D eigenvalue weighted by atomic mass is 10.1. The molecule has 5 rings (SSSR count). The molecule has 1 fully saturated rings. The molecule has 4 aromatic rings. The Morgan fingerprint density at radius 2 is 1.58 bits per heavy atom. The van der Waals surface area contributed by atoms with Crippen molar-refractivity contribution in [1.29, 1.82) is 0 Å². The standard InChI is InChI=1S/C26H22N4OS2/c1-19-12-14-21(15-13-19)23-17-32-25(30(23)22-10-6-3-7-11-22)28-27-24-18-33-26(31)29(24)16-20-8-4-2-5-9-20/h2-15,17H,16,18H2,1H3/b27-24+,28-25-. The fourth-order valence-electron chi connectivity index (χ4n) is 3.63. The van der Waals surface area contributed by atoms with Gasteiger partial charge in [0.1, 0.15) is 5.84 Å². The Labute approximate surface area is 200 Å². The van der Waals surface area contributed by atoms with Gasteiger partial charge in [0.05, 0.1) is 18.0 Å². The van der Waals surface area contributed by atoms with Crippen LogP contribution in [-0.2, 0) is 6.54 Å². The molecule has 164 valence electrons. The zero-order chi connectivity index (χ0) is 22.6. The molecule has 0 radical (unpaired) electrons. The number of aryl methyl sites for hydroxylation is 1. The summed E-state index contributed by atoms with van der Waals surface area (Å²) in [7, 11) is 0. The molecule has 0 saturated carbocycles. The predicted octanol–water partition coefficient (Wildman–Crippen LogP) is 6.10. The summed E-state index contributed by atoms with van der Waals surface area (Å²) in [5, 5.41) is 11.3. The molecule has 2 heterocycles. The zero-order valence-corrected chi connectivity index (χ0v) is 19.7. The van der Waals surface area contributed by atoms with Crippen LogP contribution in [0.4, 0.5) is 4.79 Å². The van der Waals surface area contributed by atoms with E-state index in [4.69, 9.17) is 0 Å². The van der Waals surface area contributed by atoms with E-state index in [1.807, 2.05) is 48.5 Å². The van der Waals surface area contributed by atoms with E-state index in [9.17, 15) is 4.79 Å². The van der Waals surface area contributed by atoms with E-state index in [0.717, 1.165) is 27.3 Å². The molecule has 3 aromatic carbocycles. The van der Waals surface area contributed by atoms with Gasteiger partial charge in [-0.05, 0) is 30.2 Å². The van der Waals surface area contributed by atoms with Crippen LogP contribution in [0.3, 0.4) is 0 Å². The molecule has 7 heteroatoms. The molecule has 5 nitrogen and oxygen atoms in total. The summed E-state index contributed by atoms with van der Waals surface area (Å²) >= 11 is 2.80. The van der Waals surface area contributed by atoms with Crippen LogP contribution in [0.15, 0.2) is 101 Å². The highest BCUT2D eigenvalue weighted by atomic mass is 32.2. The van der Waals surface area contributed by atoms with Gasteiger partial charge in [0.2, 0.25) is 4.80 Å². The predicted molar refractivity (Wildman–Crippen MR) is 137 cm³/mol. The number of hydrogen-bond donors (Lipinski definition) is 0. The van der Waals surface area contributed by atoms with Crippen LogP contribution in [0, 0.1) is 6.92 Å². The van der Waals surface area contributed by atoms with Gasteiger partial charge in [-0.15, -0.1) is 21.5 Å². The third kappa shape index (κ3) is 4.69. The first-order chi connectivity index (χ1) is 16.2. The Morgan fingerprint density at radius 1 is 0.879 bits per heavy atom. The third-order valence-electron chi connectivity index (χ3n) is 5.36. The van der Waals surface area contributed by atoms with Crippen molar-refractivity contribution in [2.75, 3.05) is 5.75 Å². The van der Waals surface area contributed by atoms with E-state index < -0.39 is 0 Å². The number of rotatable bonds is 5. The number of amides is 1. The van der Waals surface area contributed by atoms with Crippen LogP contribution in [-0.4, -0.2) is 26.3 Å². The summed E-state index contributed by atoms with van der Waals surface area (Å²) in [6, 6.07) is 28.6. The summed E-state index contributed by atoms with van der Waals surface area (Å²) in [4.78, 5) is 14.9. The quantitative estimate of drug-likeness (QED) is 0.331. The lowest BCUT2D eigenvalue weighted by molar-refractivity contribution is 0.244. The van der Waals surface area contributed by atoms with Crippen molar-refractivity contribution in [2.45, 2.75) is 13.5 Å². The van der Waals surface area contributed by atoms with Crippen LogP contribution < -0.4 is 4.80 Å². The summed E-state index contributed by atoms with van der Waals surface area (Å²) in [5.41, 5.74) is 5.48. The second kappa shape index (κ2) is 9.60. The summed E-state index contributed by atoms with van der Waals surface area (Å²) < 4.78 is 2.12. The van der Waals surface area contributed by atoms with E-state index in [1.165, 1.54) is 28.7 Å². The monoisotopic (exact) mass is 470 g/mol. The van der Waals surface area contributed by atoms with Crippen molar-refractivity contribution in [2.24, 2.45) is 10.2 Å². The first kappa shape index (κ1) is 21.4. The van der Waals surface area contributed by atoms with Crippen molar-refractivity contribution in [1.82, 2.24) is 9.47 Å². The minimum Gasteiger partial charge on any atom is -0.284 e. The molecule has 0 aliphatic carbocycles. The van der Waals surface area contributed by atoms with Crippen molar-refractivity contribution < 1.29 is 4.79 Å². The van der Waals surface area contributed by atoms with Crippen LogP contribution in [0.2, 0.25) is 0 Å². The summed E-state index contributed by atoms with van der Waals surface area (Å²) in [6.07, 6.45) is 0. The molecular weight excluding hydrogens is 448 g/mol.